The zero-order valence-corrected chi connectivity index (χ0v) is 12.9. The van der Waals surface area contributed by atoms with Crippen LogP contribution in [0.5, 0.6) is 5.75 Å². The van der Waals surface area contributed by atoms with Crippen molar-refractivity contribution in [2.75, 3.05) is 0 Å². The summed E-state index contributed by atoms with van der Waals surface area (Å²) in [5.41, 5.74) is -1.05. The van der Waals surface area contributed by atoms with Gasteiger partial charge in [0.2, 0.25) is 5.75 Å². The largest absolute Gasteiger partial charge is 0.473 e. The van der Waals surface area contributed by atoms with Crippen LogP contribution in [-0.4, -0.2) is 27.5 Å². The van der Waals surface area contributed by atoms with E-state index in [1.807, 2.05) is 6.07 Å². The SMILES string of the molecule is CC(Oc1cccnc1[N+](=O)[O-])C(=O)NC(C)(C#N)C(C)C. The number of hydrogen-bond donors (Lipinski definition) is 1. The highest BCUT2D eigenvalue weighted by molar-refractivity contribution is 5.82. The van der Waals surface area contributed by atoms with Crippen LogP contribution in [0.1, 0.15) is 27.7 Å². The fourth-order valence-corrected chi connectivity index (χ4v) is 1.51. The number of amides is 1. The molecule has 1 aromatic heterocycles. The molecule has 0 aromatic carbocycles. The molecule has 0 aliphatic rings. The Kier molecular flexibility index (Phi) is 5.40. The van der Waals surface area contributed by atoms with Crippen molar-refractivity contribution in [1.29, 1.82) is 5.26 Å². The first-order chi connectivity index (χ1) is 10.2. The van der Waals surface area contributed by atoms with Gasteiger partial charge in [-0.05, 0) is 41.8 Å². The molecule has 118 valence electrons. The van der Waals surface area contributed by atoms with Crippen LogP contribution >= 0.6 is 0 Å². The van der Waals surface area contributed by atoms with Crippen molar-refractivity contribution in [3.63, 3.8) is 0 Å². The number of nitro groups is 1. The van der Waals surface area contributed by atoms with E-state index in [1.165, 1.54) is 25.3 Å². The zero-order chi connectivity index (χ0) is 16.9. The van der Waals surface area contributed by atoms with Crippen molar-refractivity contribution in [2.45, 2.75) is 39.3 Å². The van der Waals surface area contributed by atoms with E-state index in [0.29, 0.717) is 0 Å². The predicted octanol–water partition coefficient (Wildman–Crippen LogP) is 1.81. The van der Waals surface area contributed by atoms with Gasteiger partial charge in [0.05, 0.1) is 6.07 Å². The number of nitrogens with one attached hydrogen (secondary N) is 1. The molecular formula is C14H18N4O4. The topological polar surface area (TPSA) is 118 Å². The fraction of sp³-hybridized carbons (Fsp3) is 0.500. The molecule has 2 unspecified atom stereocenters. The van der Waals surface area contributed by atoms with Gasteiger partial charge in [0.15, 0.2) is 6.10 Å². The van der Waals surface area contributed by atoms with Gasteiger partial charge in [-0.2, -0.15) is 5.26 Å². The van der Waals surface area contributed by atoms with Gasteiger partial charge in [-0.25, -0.2) is 0 Å². The minimum Gasteiger partial charge on any atom is -0.473 e. The average molecular weight is 306 g/mol. The van der Waals surface area contributed by atoms with Crippen molar-refractivity contribution >= 4 is 11.7 Å². The van der Waals surface area contributed by atoms with Gasteiger partial charge in [-0.3, -0.25) is 4.79 Å². The van der Waals surface area contributed by atoms with E-state index in [0.717, 1.165) is 0 Å². The van der Waals surface area contributed by atoms with E-state index in [2.05, 4.69) is 10.3 Å². The molecule has 22 heavy (non-hydrogen) atoms. The number of pyridine rings is 1. The monoisotopic (exact) mass is 306 g/mol. The smallest absolute Gasteiger partial charge is 0.406 e. The maximum absolute atomic E-state index is 12.1. The molecule has 1 amide bonds. The molecule has 8 heteroatoms. The molecule has 2 atom stereocenters. The highest BCUT2D eigenvalue weighted by Gasteiger charge is 2.32. The normalized spacial score (nSPS) is 14.5. The molecule has 0 saturated heterocycles. The molecule has 0 radical (unpaired) electrons. The molecule has 0 bridgehead atoms. The van der Waals surface area contributed by atoms with Gasteiger partial charge in [0.1, 0.15) is 11.7 Å². The van der Waals surface area contributed by atoms with Gasteiger partial charge in [0, 0.05) is 0 Å². The van der Waals surface area contributed by atoms with Crippen molar-refractivity contribution in [1.82, 2.24) is 10.3 Å². The summed E-state index contributed by atoms with van der Waals surface area (Å²) >= 11 is 0. The Morgan fingerprint density at radius 1 is 1.55 bits per heavy atom. The van der Waals surface area contributed by atoms with E-state index in [4.69, 9.17) is 4.74 Å². The zero-order valence-electron chi connectivity index (χ0n) is 12.9. The van der Waals surface area contributed by atoms with E-state index in [1.54, 1.807) is 20.8 Å². The quantitative estimate of drug-likeness (QED) is 0.632. The first-order valence-electron chi connectivity index (χ1n) is 6.70. The number of nitrogens with zero attached hydrogens (tertiary/aromatic N) is 3. The number of carbonyl (C=O) groups excluding carboxylic acids is 1. The maximum atomic E-state index is 12.1. The lowest BCUT2D eigenvalue weighted by molar-refractivity contribution is -0.390. The summed E-state index contributed by atoms with van der Waals surface area (Å²) in [7, 11) is 0. The van der Waals surface area contributed by atoms with Crippen LogP contribution in [0.2, 0.25) is 0 Å². The first-order valence-corrected chi connectivity index (χ1v) is 6.70. The molecule has 1 heterocycles. The Morgan fingerprint density at radius 3 is 2.68 bits per heavy atom. The molecule has 1 N–H and O–H groups in total. The van der Waals surface area contributed by atoms with Crippen molar-refractivity contribution in [3.8, 4) is 11.8 Å². The fourth-order valence-electron chi connectivity index (χ4n) is 1.51. The molecule has 0 fully saturated rings. The van der Waals surface area contributed by atoms with Crippen LogP contribution in [0.4, 0.5) is 5.82 Å². The number of carbonyl (C=O) groups is 1. The van der Waals surface area contributed by atoms with Crippen molar-refractivity contribution in [2.24, 2.45) is 5.92 Å². The van der Waals surface area contributed by atoms with E-state index in [-0.39, 0.29) is 11.7 Å². The van der Waals surface area contributed by atoms with Crippen LogP contribution in [0.15, 0.2) is 18.3 Å². The summed E-state index contributed by atoms with van der Waals surface area (Å²) < 4.78 is 5.31. The molecule has 0 aliphatic heterocycles. The van der Waals surface area contributed by atoms with Gasteiger partial charge in [-0.15, -0.1) is 0 Å². The summed E-state index contributed by atoms with van der Waals surface area (Å²) in [5, 5.41) is 22.6. The summed E-state index contributed by atoms with van der Waals surface area (Å²) in [6.07, 6.45) is 0.260. The molecule has 0 spiro atoms. The third-order valence-corrected chi connectivity index (χ3v) is 3.37. The Morgan fingerprint density at radius 2 is 2.18 bits per heavy atom. The second-order valence-corrected chi connectivity index (χ2v) is 5.30. The summed E-state index contributed by atoms with van der Waals surface area (Å²) in [6.45, 7) is 6.67. The second kappa shape index (κ2) is 6.85. The van der Waals surface area contributed by atoms with Crippen LogP contribution in [0.25, 0.3) is 0 Å². The number of ether oxygens (including phenoxy) is 1. The third-order valence-electron chi connectivity index (χ3n) is 3.37. The van der Waals surface area contributed by atoms with Crippen LogP contribution in [-0.2, 0) is 4.79 Å². The van der Waals surface area contributed by atoms with Gasteiger partial charge in [0.25, 0.3) is 5.91 Å². The van der Waals surface area contributed by atoms with Crippen molar-refractivity contribution in [3.05, 3.63) is 28.4 Å². The molecule has 1 rings (SSSR count). The van der Waals surface area contributed by atoms with Crippen LogP contribution < -0.4 is 10.1 Å². The number of rotatable bonds is 6. The van der Waals surface area contributed by atoms with Gasteiger partial charge < -0.3 is 20.2 Å². The summed E-state index contributed by atoms with van der Waals surface area (Å²) in [5.74, 6) is -1.20. The predicted molar refractivity (Wildman–Crippen MR) is 78.0 cm³/mol. The molecule has 1 aromatic rings. The minimum atomic E-state index is -1.05. The lowest BCUT2D eigenvalue weighted by Crippen LogP contribution is -2.52. The van der Waals surface area contributed by atoms with Crippen molar-refractivity contribution < 1.29 is 14.5 Å². The minimum absolute atomic E-state index is 0.0987. The second-order valence-electron chi connectivity index (χ2n) is 5.30. The Labute approximate surface area is 128 Å². The first kappa shape index (κ1) is 17.4. The third kappa shape index (κ3) is 3.91. The van der Waals surface area contributed by atoms with Gasteiger partial charge in [-0.1, -0.05) is 13.8 Å². The highest BCUT2D eigenvalue weighted by atomic mass is 16.6. The Hall–Kier alpha value is -2.69. The summed E-state index contributed by atoms with van der Waals surface area (Å²) in [4.78, 5) is 25.9. The van der Waals surface area contributed by atoms with E-state index >= 15 is 0 Å². The van der Waals surface area contributed by atoms with E-state index < -0.39 is 28.3 Å². The maximum Gasteiger partial charge on any atom is 0.406 e. The Balaban J connectivity index is 2.86. The van der Waals surface area contributed by atoms with Gasteiger partial charge >= 0.3 is 5.82 Å². The number of aromatic nitrogens is 1. The lowest BCUT2D eigenvalue weighted by Gasteiger charge is -2.28. The van der Waals surface area contributed by atoms with E-state index in [9.17, 15) is 20.2 Å². The molecule has 0 saturated carbocycles. The summed E-state index contributed by atoms with van der Waals surface area (Å²) in [6, 6.07) is 4.88. The lowest BCUT2D eigenvalue weighted by atomic mass is 9.90. The van der Waals surface area contributed by atoms with Crippen LogP contribution in [0.3, 0.4) is 0 Å². The Bertz CT molecular complexity index is 611. The van der Waals surface area contributed by atoms with Crippen LogP contribution in [0, 0.1) is 27.4 Å². The molecule has 8 nitrogen and oxygen atoms in total. The molecule has 0 aliphatic carbocycles. The number of nitriles is 1. The molecular weight excluding hydrogens is 288 g/mol. The highest BCUT2D eigenvalue weighted by Crippen LogP contribution is 2.24. The standard InChI is InChI=1S/C14H18N4O4/c1-9(2)14(4,8-15)17-13(19)10(3)22-11-6-5-7-16-12(11)18(20)21/h5-7,9-10H,1-4H3,(H,17,19). The number of hydrogen-bond acceptors (Lipinski definition) is 6. The average Bonchev–Trinajstić information content (AvgIpc) is 2.47.